The molecule has 2 atom stereocenters. The molecule has 27 heavy (non-hydrogen) atoms. The molecule has 0 radical (unpaired) electrons. The van der Waals surface area contributed by atoms with Crippen LogP contribution >= 0.6 is 11.7 Å². The predicted molar refractivity (Wildman–Crippen MR) is 108 cm³/mol. The van der Waals surface area contributed by atoms with Gasteiger partial charge >= 0.3 is 0 Å². The molecule has 1 aliphatic heterocycles. The molecule has 140 valence electrons. The van der Waals surface area contributed by atoms with Gasteiger partial charge in [-0.25, -0.2) is 0 Å². The molecule has 3 aromatic rings. The fourth-order valence-corrected chi connectivity index (χ4v) is 5.59. The van der Waals surface area contributed by atoms with Crippen molar-refractivity contribution in [2.24, 2.45) is 0 Å². The lowest BCUT2D eigenvalue weighted by Gasteiger charge is -2.40. The van der Waals surface area contributed by atoms with Gasteiger partial charge in [-0.2, -0.15) is 8.75 Å². The highest BCUT2D eigenvalue weighted by Gasteiger charge is 2.52. The van der Waals surface area contributed by atoms with Gasteiger partial charge in [0.15, 0.2) is 0 Å². The third-order valence-corrected chi connectivity index (χ3v) is 6.96. The maximum Gasteiger partial charge on any atom is 0.105 e. The van der Waals surface area contributed by atoms with Crippen LogP contribution in [0.1, 0.15) is 35.6 Å². The van der Waals surface area contributed by atoms with Gasteiger partial charge in [-0.1, -0.05) is 30.3 Å². The summed E-state index contributed by atoms with van der Waals surface area (Å²) >= 11 is 1.25. The molecule has 0 saturated carbocycles. The van der Waals surface area contributed by atoms with Crippen molar-refractivity contribution in [1.29, 1.82) is 0 Å². The lowest BCUT2D eigenvalue weighted by molar-refractivity contribution is 0.00421. The van der Waals surface area contributed by atoms with Gasteiger partial charge in [0, 0.05) is 12.0 Å². The average molecular weight is 381 g/mol. The SMILES string of the molecule is CN(Cc1ccc2nsnc2c1)[C@@H]1c2ccccc2C2(CCNCC2)[C@H]1O. The molecule has 2 heterocycles. The van der Waals surface area contributed by atoms with E-state index in [0.717, 1.165) is 43.5 Å². The molecular weight excluding hydrogens is 356 g/mol. The highest BCUT2D eigenvalue weighted by atomic mass is 32.1. The number of hydrogen-bond donors (Lipinski definition) is 2. The minimum atomic E-state index is -0.383. The Morgan fingerprint density at radius 1 is 1.15 bits per heavy atom. The van der Waals surface area contributed by atoms with Crippen molar-refractivity contribution in [2.75, 3.05) is 20.1 Å². The van der Waals surface area contributed by atoms with Crippen molar-refractivity contribution in [3.63, 3.8) is 0 Å². The Bertz CT molecular complexity index is 965. The predicted octanol–water partition coefficient (Wildman–Crippen LogP) is 2.86. The highest BCUT2D eigenvalue weighted by molar-refractivity contribution is 7.00. The Hall–Kier alpha value is -1.86. The van der Waals surface area contributed by atoms with E-state index in [2.05, 4.69) is 62.4 Å². The Morgan fingerprint density at radius 3 is 2.78 bits per heavy atom. The summed E-state index contributed by atoms with van der Waals surface area (Å²) in [5.74, 6) is 0. The summed E-state index contributed by atoms with van der Waals surface area (Å²) in [7, 11) is 2.12. The van der Waals surface area contributed by atoms with Crippen LogP contribution in [-0.2, 0) is 12.0 Å². The topological polar surface area (TPSA) is 61.3 Å². The van der Waals surface area contributed by atoms with E-state index < -0.39 is 0 Å². The van der Waals surface area contributed by atoms with Crippen molar-refractivity contribution in [1.82, 2.24) is 19.0 Å². The average Bonchev–Trinajstić information content (AvgIpc) is 3.24. The fraction of sp³-hybridized carbons (Fsp3) is 0.429. The lowest BCUT2D eigenvalue weighted by atomic mass is 9.72. The molecular formula is C21H24N4OS. The number of aliphatic hydroxyl groups is 1. The van der Waals surface area contributed by atoms with E-state index in [4.69, 9.17) is 0 Å². The third-order valence-electron chi connectivity index (χ3n) is 6.40. The number of nitrogens with zero attached hydrogens (tertiary/aromatic N) is 3. The van der Waals surface area contributed by atoms with Crippen LogP contribution in [0, 0.1) is 0 Å². The van der Waals surface area contributed by atoms with E-state index in [9.17, 15) is 5.11 Å². The van der Waals surface area contributed by atoms with E-state index in [0.29, 0.717) is 0 Å². The summed E-state index contributed by atoms with van der Waals surface area (Å²) in [4.78, 5) is 2.29. The van der Waals surface area contributed by atoms with E-state index in [1.54, 1.807) is 0 Å². The van der Waals surface area contributed by atoms with Crippen LogP contribution in [0.4, 0.5) is 0 Å². The van der Waals surface area contributed by atoms with Crippen LogP contribution in [0.15, 0.2) is 42.5 Å². The van der Waals surface area contributed by atoms with Crippen LogP contribution in [0.25, 0.3) is 11.0 Å². The molecule has 1 aromatic heterocycles. The molecule has 0 unspecified atom stereocenters. The molecule has 2 N–H and O–H groups in total. The van der Waals surface area contributed by atoms with E-state index in [1.807, 2.05) is 6.07 Å². The van der Waals surface area contributed by atoms with Crippen molar-refractivity contribution in [3.05, 3.63) is 59.2 Å². The summed E-state index contributed by atoms with van der Waals surface area (Å²) in [6.07, 6.45) is 1.60. The zero-order valence-corrected chi connectivity index (χ0v) is 16.2. The quantitative estimate of drug-likeness (QED) is 0.732. The second-order valence-electron chi connectivity index (χ2n) is 7.89. The number of nitrogens with one attached hydrogen (secondary N) is 1. The number of piperidine rings is 1. The first-order valence-electron chi connectivity index (χ1n) is 9.59. The van der Waals surface area contributed by atoms with Crippen LogP contribution in [0.2, 0.25) is 0 Å². The largest absolute Gasteiger partial charge is 0.390 e. The summed E-state index contributed by atoms with van der Waals surface area (Å²) in [5.41, 5.74) is 5.61. The van der Waals surface area contributed by atoms with Gasteiger partial charge in [0.05, 0.1) is 23.9 Å². The van der Waals surface area contributed by atoms with Gasteiger partial charge in [0.2, 0.25) is 0 Å². The lowest BCUT2D eigenvalue weighted by Crippen LogP contribution is -2.48. The second-order valence-corrected chi connectivity index (χ2v) is 8.41. The Morgan fingerprint density at radius 2 is 1.93 bits per heavy atom. The molecule has 5 rings (SSSR count). The first-order chi connectivity index (χ1) is 13.2. The maximum atomic E-state index is 11.5. The number of fused-ring (bicyclic) bond motifs is 3. The van der Waals surface area contributed by atoms with Gasteiger partial charge in [0.25, 0.3) is 0 Å². The third kappa shape index (κ3) is 2.70. The smallest absolute Gasteiger partial charge is 0.105 e. The molecule has 2 aliphatic rings. The van der Waals surface area contributed by atoms with Gasteiger partial charge < -0.3 is 10.4 Å². The van der Waals surface area contributed by atoms with Gasteiger partial charge in [0.1, 0.15) is 11.0 Å². The van der Waals surface area contributed by atoms with Crippen molar-refractivity contribution in [3.8, 4) is 0 Å². The molecule has 1 aliphatic carbocycles. The van der Waals surface area contributed by atoms with Crippen molar-refractivity contribution >= 4 is 22.8 Å². The molecule has 1 fully saturated rings. The summed E-state index contributed by atoms with van der Waals surface area (Å²) in [6.45, 7) is 2.71. The molecule has 1 saturated heterocycles. The minimum absolute atomic E-state index is 0.0172. The number of likely N-dealkylation sites (N-methyl/N-ethyl adjacent to an activating group) is 1. The van der Waals surface area contributed by atoms with Crippen LogP contribution in [0.3, 0.4) is 0 Å². The number of rotatable bonds is 3. The van der Waals surface area contributed by atoms with Gasteiger partial charge in [-0.3, -0.25) is 4.90 Å². The second kappa shape index (κ2) is 6.63. The molecule has 1 spiro atoms. The molecule has 0 amide bonds. The minimum Gasteiger partial charge on any atom is -0.390 e. The van der Waals surface area contributed by atoms with Crippen molar-refractivity contribution < 1.29 is 5.11 Å². The molecule has 0 bridgehead atoms. The summed E-state index contributed by atoms with van der Waals surface area (Å²) < 4.78 is 8.65. The van der Waals surface area contributed by atoms with Gasteiger partial charge in [-0.05, 0) is 61.8 Å². The van der Waals surface area contributed by atoms with E-state index >= 15 is 0 Å². The zero-order valence-electron chi connectivity index (χ0n) is 15.4. The van der Waals surface area contributed by atoms with Crippen molar-refractivity contribution in [2.45, 2.75) is 36.9 Å². The standard InChI is InChI=1S/C21H24N4OS/c1-25(13-14-6-7-17-18(12-14)24-27-23-17)19-15-4-2-3-5-16(15)21(20(19)26)8-10-22-11-9-21/h2-7,12,19-20,22,26H,8-11,13H2,1H3/t19-,20+/m1/s1. The number of aliphatic hydroxyl groups excluding tert-OH is 1. The van der Waals surface area contributed by atoms with Gasteiger partial charge in [-0.15, -0.1) is 0 Å². The summed E-state index contributed by atoms with van der Waals surface area (Å²) in [5, 5.41) is 14.9. The first kappa shape index (κ1) is 17.3. The number of benzene rings is 2. The van der Waals surface area contributed by atoms with Crippen LogP contribution in [-0.4, -0.2) is 45.0 Å². The Balaban J connectivity index is 1.48. The monoisotopic (exact) mass is 380 g/mol. The zero-order chi connectivity index (χ0) is 18.4. The first-order valence-corrected chi connectivity index (χ1v) is 10.3. The number of hydrogen-bond acceptors (Lipinski definition) is 6. The molecule has 2 aromatic carbocycles. The molecule has 6 heteroatoms. The van der Waals surface area contributed by atoms with Crippen LogP contribution < -0.4 is 5.32 Å². The normalized spacial score (nSPS) is 24.0. The van der Waals surface area contributed by atoms with E-state index in [-0.39, 0.29) is 17.6 Å². The van der Waals surface area contributed by atoms with Crippen LogP contribution in [0.5, 0.6) is 0 Å². The Labute approximate surface area is 163 Å². The Kier molecular flexibility index (Phi) is 4.24. The van der Waals surface area contributed by atoms with E-state index in [1.165, 1.54) is 28.4 Å². The summed E-state index contributed by atoms with van der Waals surface area (Å²) in [6, 6.07) is 14.9. The maximum absolute atomic E-state index is 11.5. The highest BCUT2D eigenvalue weighted by Crippen LogP contribution is 2.51. The fourth-order valence-electron chi connectivity index (χ4n) is 5.07. The number of aromatic nitrogens is 2. The molecule has 5 nitrogen and oxygen atoms in total.